The molecule has 3 rings (SSSR count). The van der Waals surface area contributed by atoms with Crippen LogP contribution in [0.4, 0.5) is 11.4 Å². The molecule has 1 N–H and O–H groups in total. The first-order valence-corrected chi connectivity index (χ1v) is 8.73. The van der Waals surface area contributed by atoms with Crippen molar-refractivity contribution in [2.45, 2.75) is 12.5 Å². The van der Waals surface area contributed by atoms with Crippen LogP contribution in [0.1, 0.15) is 12.5 Å². The molecule has 0 aromatic heterocycles. The van der Waals surface area contributed by atoms with Crippen molar-refractivity contribution in [3.63, 3.8) is 0 Å². The van der Waals surface area contributed by atoms with Gasteiger partial charge in [-0.2, -0.15) is 5.01 Å². The number of hydrogen-bond acceptors (Lipinski definition) is 6. The van der Waals surface area contributed by atoms with E-state index < -0.39 is 10.5 Å². The number of nitro groups is 1. The molecule has 1 aliphatic heterocycles. The number of hydrazine groups is 1. The van der Waals surface area contributed by atoms with Crippen LogP contribution < -0.4 is 5.43 Å². The van der Waals surface area contributed by atoms with Gasteiger partial charge in [-0.3, -0.25) is 20.3 Å². The predicted octanol–water partition coefficient (Wildman–Crippen LogP) is 3.40. The zero-order chi connectivity index (χ0) is 18.0. The van der Waals surface area contributed by atoms with Crippen LogP contribution >= 0.6 is 11.8 Å². The second-order valence-electron chi connectivity index (χ2n) is 5.59. The number of carbonyl (C=O) groups is 1. The zero-order valence-corrected chi connectivity index (χ0v) is 14.5. The molecule has 8 heteroatoms. The van der Waals surface area contributed by atoms with Gasteiger partial charge in [0.15, 0.2) is 10.7 Å². The minimum atomic E-state index is -1.01. The van der Waals surface area contributed by atoms with Gasteiger partial charge in [0.05, 0.1) is 10.6 Å². The molecule has 2 aromatic carbocycles. The number of anilines is 1. The highest BCUT2D eigenvalue weighted by Gasteiger charge is 2.46. The zero-order valence-electron chi connectivity index (χ0n) is 13.7. The third-order valence-corrected chi connectivity index (χ3v) is 4.61. The SMILES string of the molecule is CSC1=N[C@@](C)(c2ccccc2)C(=O)N1Nc1ccc([N+](=O)[O-])cc1. The van der Waals surface area contributed by atoms with E-state index >= 15 is 0 Å². The lowest BCUT2D eigenvalue weighted by molar-refractivity contribution is -0.384. The summed E-state index contributed by atoms with van der Waals surface area (Å²) in [6, 6.07) is 15.2. The first-order valence-electron chi connectivity index (χ1n) is 7.51. The normalized spacial score (nSPS) is 19.7. The second kappa shape index (κ2) is 6.56. The number of non-ortho nitro benzene ring substituents is 1. The summed E-state index contributed by atoms with van der Waals surface area (Å²) in [5.41, 5.74) is 3.35. The summed E-state index contributed by atoms with van der Waals surface area (Å²) in [4.78, 5) is 27.9. The minimum Gasteiger partial charge on any atom is -0.289 e. The number of amides is 1. The van der Waals surface area contributed by atoms with Gasteiger partial charge in [0.1, 0.15) is 0 Å². The molecule has 0 unspecified atom stereocenters. The highest BCUT2D eigenvalue weighted by Crippen LogP contribution is 2.35. The Morgan fingerprint density at radius 1 is 1.16 bits per heavy atom. The molecule has 1 atom stereocenters. The van der Waals surface area contributed by atoms with Crippen molar-refractivity contribution in [1.29, 1.82) is 0 Å². The molecule has 2 aromatic rings. The number of carbonyl (C=O) groups excluding carboxylic acids is 1. The fourth-order valence-electron chi connectivity index (χ4n) is 2.57. The van der Waals surface area contributed by atoms with Crippen molar-refractivity contribution in [3.8, 4) is 0 Å². The van der Waals surface area contributed by atoms with Crippen molar-refractivity contribution in [3.05, 3.63) is 70.3 Å². The number of thioether (sulfide) groups is 1. The molecule has 0 bridgehead atoms. The summed E-state index contributed by atoms with van der Waals surface area (Å²) in [5.74, 6) is -0.207. The van der Waals surface area contributed by atoms with Crippen LogP contribution in [0.25, 0.3) is 0 Å². The Morgan fingerprint density at radius 2 is 1.80 bits per heavy atom. The Bertz CT molecular complexity index is 839. The molecular weight excluding hydrogens is 340 g/mol. The van der Waals surface area contributed by atoms with Crippen molar-refractivity contribution < 1.29 is 9.72 Å². The van der Waals surface area contributed by atoms with Gasteiger partial charge >= 0.3 is 0 Å². The van der Waals surface area contributed by atoms with E-state index in [2.05, 4.69) is 10.4 Å². The molecule has 0 fully saturated rings. The fraction of sp³-hybridized carbons (Fsp3) is 0.176. The molecule has 0 radical (unpaired) electrons. The lowest BCUT2D eigenvalue weighted by Gasteiger charge is -2.23. The third kappa shape index (κ3) is 3.08. The van der Waals surface area contributed by atoms with Crippen LogP contribution in [0.15, 0.2) is 59.6 Å². The van der Waals surface area contributed by atoms with E-state index in [9.17, 15) is 14.9 Å². The molecular formula is C17H16N4O3S. The predicted molar refractivity (Wildman–Crippen MR) is 98.3 cm³/mol. The maximum atomic E-state index is 13.0. The molecule has 0 saturated heterocycles. The minimum absolute atomic E-state index is 0.00817. The molecule has 25 heavy (non-hydrogen) atoms. The third-order valence-electron chi connectivity index (χ3n) is 3.97. The molecule has 0 aliphatic carbocycles. The molecule has 0 spiro atoms. The number of benzene rings is 2. The van der Waals surface area contributed by atoms with Crippen LogP contribution in [-0.2, 0) is 10.3 Å². The first kappa shape index (κ1) is 17.0. The summed E-state index contributed by atoms with van der Waals surface area (Å²) in [6.07, 6.45) is 1.84. The maximum absolute atomic E-state index is 13.0. The van der Waals surface area contributed by atoms with Gasteiger partial charge in [-0.1, -0.05) is 42.1 Å². The number of nitrogens with zero attached hydrogens (tertiary/aromatic N) is 3. The van der Waals surface area contributed by atoms with Gasteiger partial charge in [0.25, 0.3) is 11.6 Å². The van der Waals surface area contributed by atoms with E-state index in [0.29, 0.717) is 10.9 Å². The fourth-order valence-corrected chi connectivity index (χ4v) is 3.15. The molecule has 7 nitrogen and oxygen atoms in total. The average Bonchev–Trinajstić information content (AvgIpc) is 2.88. The van der Waals surface area contributed by atoms with Gasteiger partial charge in [-0.15, -0.1) is 0 Å². The molecule has 1 aliphatic rings. The summed E-state index contributed by atoms with van der Waals surface area (Å²) in [6.45, 7) is 1.78. The first-order chi connectivity index (χ1) is 12.0. The smallest absolute Gasteiger partial charge is 0.279 e. The monoisotopic (exact) mass is 356 g/mol. The van der Waals surface area contributed by atoms with Gasteiger partial charge in [0, 0.05) is 12.1 Å². The van der Waals surface area contributed by atoms with E-state index in [4.69, 9.17) is 0 Å². The Balaban J connectivity index is 1.88. The summed E-state index contributed by atoms with van der Waals surface area (Å²) in [7, 11) is 0. The van der Waals surface area contributed by atoms with Crippen LogP contribution in [0, 0.1) is 10.1 Å². The standard InChI is InChI=1S/C17H16N4O3S/c1-17(12-6-4-3-5-7-12)15(22)20(16(18-17)25-2)19-13-8-10-14(11-9-13)21(23)24/h3-11,19H,1-2H3/t17-/m0/s1. The van der Waals surface area contributed by atoms with Crippen molar-refractivity contribution >= 4 is 34.2 Å². The Kier molecular flexibility index (Phi) is 4.45. The highest BCUT2D eigenvalue weighted by atomic mass is 32.2. The van der Waals surface area contributed by atoms with Crippen LogP contribution in [0.2, 0.25) is 0 Å². The Hall–Kier alpha value is -2.87. The van der Waals surface area contributed by atoms with Crippen LogP contribution in [0.3, 0.4) is 0 Å². The van der Waals surface area contributed by atoms with Gasteiger partial charge < -0.3 is 0 Å². The second-order valence-corrected chi connectivity index (χ2v) is 6.37. The molecule has 1 amide bonds. The number of nitro benzene ring substituents is 1. The van der Waals surface area contributed by atoms with E-state index in [0.717, 1.165) is 5.56 Å². The van der Waals surface area contributed by atoms with Crippen LogP contribution in [0.5, 0.6) is 0 Å². The van der Waals surface area contributed by atoms with Crippen molar-refractivity contribution in [2.75, 3.05) is 11.7 Å². The van der Waals surface area contributed by atoms with Crippen molar-refractivity contribution in [1.82, 2.24) is 5.01 Å². The lowest BCUT2D eigenvalue weighted by Crippen LogP contribution is -2.42. The topological polar surface area (TPSA) is 87.8 Å². The van der Waals surface area contributed by atoms with Crippen molar-refractivity contribution in [2.24, 2.45) is 4.99 Å². The largest absolute Gasteiger partial charge is 0.289 e. The number of nitrogens with one attached hydrogen (secondary N) is 1. The molecule has 0 saturated carbocycles. The van der Waals surface area contributed by atoms with E-state index in [1.807, 2.05) is 36.6 Å². The summed E-state index contributed by atoms with van der Waals surface area (Å²) in [5, 5.41) is 12.7. The van der Waals surface area contributed by atoms with Gasteiger partial charge in [-0.05, 0) is 30.9 Å². The lowest BCUT2D eigenvalue weighted by atomic mass is 9.92. The van der Waals surface area contributed by atoms with Gasteiger partial charge in [0.2, 0.25) is 0 Å². The number of aliphatic imine (C=N–C) groups is 1. The maximum Gasteiger partial charge on any atom is 0.279 e. The van der Waals surface area contributed by atoms with Crippen LogP contribution in [-0.4, -0.2) is 27.3 Å². The summed E-state index contributed by atoms with van der Waals surface area (Å²) >= 11 is 1.35. The quantitative estimate of drug-likeness (QED) is 0.670. The number of amidine groups is 1. The number of hydrogen-bond donors (Lipinski definition) is 1. The average molecular weight is 356 g/mol. The number of rotatable bonds is 4. The highest BCUT2D eigenvalue weighted by molar-refractivity contribution is 8.13. The summed E-state index contributed by atoms with van der Waals surface area (Å²) < 4.78 is 0. The Morgan fingerprint density at radius 3 is 2.36 bits per heavy atom. The van der Waals surface area contributed by atoms with Gasteiger partial charge in [-0.25, -0.2) is 4.99 Å². The van der Waals surface area contributed by atoms with E-state index in [1.54, 1.807) is 19.1 Å². The van der Waals surface area contributed by atoms with E-state index in [1.165, 1.54) is 28.9 Å². The molecule has 1 heterocycles. The van der Waals surface area contributed by atoms with E-state index in [-0.39, 0.29) is 11.6 Å². The molecule has 128 valence electrons. The Labute approximate surface area is 148 Å².